The van der Waals surface area contributed by atoms with Gasteiger partial charge in [0.25, 0.3) is 5.91 Å². The van der Waals surface area contributed by atoms with Crippen LogP contribution in [0.1, 0.15) is 54.4 Å². The van der Waals surface area contributed by atoms with Crippen molar-refractivity contribution in [1.29, 1.82) is 0 Å². The van der Waals surface area contributed by atoms with E-state index in [2.05, 4.69) is 15.5 Å². The highest BCUT2D eigenvalue weighted by atomic mass is 16.5. The summed E-state index contributed by atoms with van der Waals surface area (Å²) in [6.45, 7) is 4.84. The summed E-state index contributed by atoms with van der Waals surface area (Å²) >= 11 is 0. The normalized spacial score (nSPS) is 16.9. The first-order chi connectivity index (χ1) is 12.0. The third-order valence-corrected chi connectivity index (χ3v) is 4.25. The van der Waals surface area contributed by atoms with Gasteiger partial charge in [-0.15, -0.1) is 0 Å². The van der Waals surface area contributed by atoms with Crippen LogP contribution in [-0.4, -0.2) is 39.4 Å². The van der Waals surface area contributed by atoms with Gasteiger partial charge in [0.15, 0.2) is 5.69 Å². The molecule has 0 saturated carbocycles. The van der Waals surface area contributed by atoms with E-state index in [9.17, 15) is 9.59 Å². The SMILES string of the molecule is CC(C)c1cc(C(=O)N(Cc2ccncc2)CC2CCC(=O)N2)no1. The standard InChI is InChI=1S/C18H22N4O3/c1-12(2)16-9-15(21-25-16)18(24)22(10-13-5-7-19-8-6-13)11-14-3-4-17(23)20-14/h5-9,12,14H,3-4,10-11H2,1-2H3,(H,20,23). The summed E-state index contributed by atoms with van der Waals surface area (Å²) in [4.78, 5) is 30.1. The molecule has 2 amide bonds. The van der Waals surface area contributed by atoms with Crippen LogP contribution in [0.5, 0.6) is 0 Å². The van der Waals surface area contributed by atoms with Gasteiger partial charge in [-0.05, 0) is 24.1 Å². The molecule has 3 heterocycles. The molecule has 0 aromatic carbocycles. The van der Waals surface area contributed by atoms with E-state index >= 15 is 0 Å². The molecule has 3 rings (SSSR count). The smallest absolute Gasteiger partial charge is 0.276 e. The summed E-state index contributed by atoms with van der Waals surface area (Å²) in [5.41, 5.74) is 1.27. The number of carbonyl (C=O) groups excluding carboxylic acids is 2. The highest BCUT2D eigenvalue weighted by molar-refractivity contribution is 5.92. The number of hydrogen-bond acceptors (Lipinski definition) is 5. The zero-order valence-electron chi connectivity index (χ0n) is 14.4. The molecule has 0 bridgehead atoms. The number of nitrogens with zero attached hydrogens (tertiary/aromatic N) is 3. The van der Waals surface area contributed by atoms with Gasteiger partial charge in [-0.2, -0.15) is 0 Å². The molecule has 1 fully saturated rings. The van der Waals surface area contributed by atoms with Gasteiger partial charge in [-0.3, -0.25) is 14.6 Å². The number of pyridine rings is 1. The molecule has 1 atom stereocenters. The van der Waals surface area contributed by atoms with Crippen molar-refractivity contribution in [3.63, 3.8) is 0 Å². The molecule has 2 aromatic rings. The molecule has 1 aliphatic heterocycles. The molecular weight excluding hydrogens is 320 g/mol. The quantitative estimate of drug-likeness (QED) is 0.868. The van der Waals surface area contributed by atoms with Gasteiger partial charge < -0.3 is 14.7 Å². The molecule has 0 spiro atoms. The topological polar surface area (TPSA) is 88.3 Å². The van der Waals surface area contributed by atoms with Crippen LogP contribution in [0.3, 0.4) is 0 Å². The number of aromatic nitrogens is 2. The molecule has 1 saturated heterocycles. The summed E-state index contributed by atoms with van der Waals surface area (Å²) in [5.74, 6) is 0.677. The predicted octanol–water partition coefficient (Wildman–Crippen LogP) is 2.11. The van der Waals surface area contributed by atoms with Crippen LogP contribution in [-0.2, 0) is 11.3 Å². The van der Waals surface area contributed by atoms with Crippen LogP contribution >= 0.6 is 0 Å². The maximum absolute atomic E-state index is 12.9. The van der Waals surface area contributed by atoms with Crippen molar-refractivity contribution in [2.45, 2.75) is 45.2 Å². The van der Waals surface area contributed by atoms with E-state index in [4.69, 9.17) is 4.52 Å². The van der Waals surface area contributed by atoms with Crippen molar-refractivity contribution in [2.24, 2.45) is 0 Å². The highest BCUT2D eigenvalue weighted by Gasteiger charge is 2.27. The van der Waals surface area contributed by atoms with Crippen molar-refractivity contribution >= 4 is 11.8 Å². The van der Waals surface area contributed by atoms with Gasteiger partial charge in [0.05, 0.1) is 0 Å². The first-order valence-electron chi connectivity index (χ1n) is 8.47. The molecule has 1 N–H and O–H groups in total. The fraction of sp³-hybridized carbons (Fsp3) is 0.444. The van der Waals surface area contributed by atoms with Crippen LogP contribution in [0, 0.1) is 0 Å². The van der Waals surface area contributed by atoms with E-state index in [1.807, 2.05) is 26.0 Å². The van der Waals surface area contributed by atoms with Crippen LogP contribution in [0.2, 0.25) is 0 Å². The first kappa shape index (κ1) is 17.1. The Hall–Kier alpha value is -2.70. The van der Waals surface area contributed by atoms with E-state index in [-0.39, 0.29) is 23.8 Å². The van der Waals surface area contributed by atoms with Crippen molar-refractivity contribution in [3.05, 3.63) is 47.6 Å². The third kappa shape index (κ3) is 4.23. The van der Waals surface area contributed by atoms with E-state index in [0.717, 1.165) is 12.0 Å². The van der Waals surface area contributed by atoms with Crippen molar-refractivity contribution in [2.75, 3.05) is 6.54 Å². The van der Waals surface area contributed by atoms with Crippen molar-refractivity contribution < 1.29 is 14.1 Å². The summed E-state index contributed by atoms with van der Waals surface area (Å²) in [7, 11) is 0. The number of nitrogens with one attached hydrogen (secondary N) is 1. The molecule has 1 unspecified atom stereocenters. The Kier molecular flexibility index (Phi) is 5.11. The highest BCUT2D eigenvalue weighted by Crippen LogP contribution is 2.18. The Morgan fingerprint density at radius 2 is 2.16 bits per heavy atom. The van der Waals surface area contributed by atoms with Gasteiger partial charge in [0, 0.05) is 49.9 Å². The molecule has 132 valence electrons. The van der Waals surface area contributed by atoms with Gasteiger partial charge >= 0.3 is 0 Å². The largest absolute Gasteiger partial charge is 0.360 e. The van der Waals surface area contributed by atoms with Gasteiger partial charge in [-0.1, -0.05) is 19.0 Å². The fourth-order valence-electron chi connectivity index (χ4n) is 2.83. The lowest BCUT2D eigenvalue weighted by atomic mass is 10.1. The first-order valence-corrected chi connectivity index (χ1v) is 8.47. The summed E-state index contributed by atoms with van der Waals surface area (Å²) < 4.78 is 5.26. The van der Waals surface area contributed by atoms with Gasteiger partial charge in [-0.25, -0.2) is 0 Å². The Balaban J connectivity index is 1.78. The second kappa shape index (κ2) is 7.46. The summed E-state index contributed by atoms with van der Waals surface area (Å²) in [6, 6.07) is 5.40. The summed E-state index contributed by atoms with van der Waals surface area (Å²) in [6.07, 6.45) is 4.63. The average molecular weight is 342 g/mol. The molecule has 0 aliphatic carbocycles. The maximum atomic E-state index is 12.9. The molecule has 0 radical (unpaired) electrons. The molecule has 7 heteroatoms. The van der Waals surface area contributed by atoms with Crippen LogP contribution < -0.4 is 5.32 Å². The lowest BCUT2D eigenvalue weighted by molar-refractivity contribution is -0.119. The minimum Gasteiger partial charge on any atom is -0.360 e. The Morgan fingerprint density at radius 1 is 1.40 bits per heavy atom. The van der Waals surface area contributed by atoms with Crippen LogP contribution in [0.4, 0.5) is 0 Å². The molecule has 7 nitrogen and oxygen atoms in total. The number of hydrogen-bond donors (Lipinski definition) is 1. The minimum absolute atomic E-state index is 0.0323. The second-order valence-corrected chi connectivity index (χ2v) is 6.61. The van der Waals surface area contributed by atoms with E-state index in [0.29, 0.717) is 31.0 Å². The lowest BCUT2D eigenvalue weighted by Crippen LogP contribution is -2.41. The van der Waals surface area contributed by atoms with Crippen molar-refractivity contribution in [1.82, 2.24) is 20.4 Å². The van der Waals surface area contributed by atoms with Crippen LogP contribution in [0.15, 0.2) is 35.1 Å². The fourth-order valence-corrected chi connectivity index (χ4v) is 2.83. The van der Waals surface area contributed by atoms with Gasteiger partial charge in [0.1, 0.15) is 5.76 Å². The Bertz CT molecular complexity index is 742. The monoisotopic (exact) mass is 342 g/mol. The number of carbonyl (C=O) groups is 2. The van der Waals surface area contributed by atoms with Crippen molar-refractivity contribution in [3.8, 4) is 0 Å². The maximum Gasteiger partial charge on any atom is 0.276 e. The lowest BCUT2D eigenvalue weighted by Gasteiger charge is -2.25. The minimum atomic E-state index is -0.200. The number of rotatable bonds is 6. The van der Waals surface area contributed by atoms with Gasteiger partial charge in [0.2, 0.25) is 5.91 Å². The molecular formula is C18H22N4O3. The molecule has 25 heavy (non-hydrogen) atoms. The molecule has 1 aliphatic rings. The van der Waals surface area contributed by atoms with Crippen LogP contribution in [0.25, 0.3) is 0 Å². The Morgan fingerprint density at radius 3 is 2.76 bits per heavy atom. The summed E-state index contributed by atoms with van der Waals surface area (Å²) in [5, 5.41) is 6.83. The van der Waals surface area contributed by atoms with E-state index in [1.54, 1.807) is 23.4 Å². The molecule has 2 aromatic heterocycles. The zero-order valence-corrected chi connectivity index (χ0v) is 14.4. The van der Waals surface area contributed by atoms with E-state index < -0.39 is 0 Å². The zero-order chi connectivity index (χ0) is 17.8. The predicted molar refractivity (Wildman–Crippen MR) is 90.7 cm³/mol. The second-order valence-electron chi connectivity index (χ2n) is 6.61. The Labute approximate surface area is 146 Å². The number of amides is 2. The average Bonchev–Trinajstić information content (AvgIpc) is 3.24. The third-order valence-electron chi connectivity index (χ3n) is 4.25. The van der Waals surface area contributed by atoms with E-state index in [1.165, 1.54) is 0 Å².